The van der Waals surface area contributed by atoms with Crippen molar-refractivity contribution in [1.29, 1.82) is 0 Å². The SMILES string of the molecule is CCC(C)(C)C(=O)O[Si](CO)(OC)OC. The molecule has 0 fully saturated rings. The van der Waals surface area contributed by atoms with Crippen LogP contribution in [0.15, 0.2) is 0 Å². The quantitative estimate of drug-likeness (QED) is 0.689. The van der Waals surface area contributed by atoms with Crippen molar-refractivity contribution in [3.8, 4) is 0 Å². The normalized spacial score (nSPS) is 12.7. The second-order valence-electron chi connectivity index (χ2n) is 3.88. The zero-order valence-corrected chi connectivity index (χ0v) is 11.0. The van der Waals surface area contributed by atoms with Gasteiger partial charge in [-0.25, -0.2) is 0 Å². The maximum absolute atomic E-state index is 11.7. The molecule has 90 valence electrons. The third-order valence-electron chi connectivity index (χ3n) is 2.50. The van der Waals surface area contributed by atoms with Gasteiger partial charge in [-0.1, -0.05) is 6.92 Å². The molecule has 0 bridgehead atoms. The Morgan fingerprint density at radius 2 is 1.80 bits per heavy atom. The lowest BCUT2D eigenvalue weighted by atomic mass is 9.91. The third kappa shape index (κ3) is 3.56. The lowest BCUT2D eigenvalue weighted by Crippen LogP contribution is -2.51. The van der Waals surface area contributed by atoms with Crippen LogP contribution < -0.4 is 0 Å². The van der Waals surface area contributed by atoms with Gasteiger partial charge < -0.3 is 18.4 Å². The van der Waals surface area contributed by atoms with Gasteiger partial charge in [-0.05, 0) is 20.3 Å². The van der Waals surface area contributed by atoms with Gasteiger partial charge in [-0.3, -0.25) is 4.79 Å². The van der Waals surface area contributed by atoms with Crippen LogP contribution >= 0.6 is 0 Å². The number of hydrogen-bond donors (Lipinski definition) is 1. The Morgan fingerprint density at radius 3 is 2.07 bits per heavy atom. The van der Waals surface area contributed by atoms with Crippen LogP contribution in [0.2, 0.25) is 0 Å². The van der Waals surface area contributed by atoms with E-state index in [9.17, 15) is 4.79 Å². The topological polar surface area (TPSA) is 65.0 Å². The van der Waals surface area contributed by atoms with Crippen molar-refractivity contribution >= 4 is 14.8 Å². The molecule has 0 radical (unpaired) electrons. The highest BCUT2D eigenvalue weighted by molar-refractivity contribution is 6.62. The summed E-state index contributed by atoms with van der Waals surface area (Å²) in [6, 6.07) is 0. The van der Waals surface area contributed by atoms with Crippen molar-refractivity contribution in [2.24, 2.45) is 5.41 Å². The molecule has 1 N–H and O–H groups in total. The van der Waals surface area contributed by atoms with E-state index >= 15 is 0 Å². The summed E-state index contributed by atoms with van der Waals surface area (Å²) in [6.45, 7) is 5.44. The molecule has 15 heavy (non-hydrogen) atoms. The molecular formula is C9H20O5Si. The zero-order chi connectivity index (χ0) is 12.1. The van der Waals surface area contributed by atoms with Crippen LogP contribution in [0.25, 0.3) is 0 Å². The molecule has 0 saturated carbocycles. The van der Waals surface area contributed by atoms with Crippen LogP contribution in [-0.4, -0.2) is 40.3 Å². The van der Waals surface area contributed by atoms with Gasteiger partial charge in [0.05, 0.1) is 5.41 Å². The van der Waals surface area contributed by atoms with Crippen LogP contribution in [0.5, 0.6) is 0 Å². The standard InChI is InChI=1S/C9H20O5Si/c1-6-9(2,3)8(11)14-15(7-10,12-4)13-5/h10H,6-7H2,1-5H3. The fraction of sp³-hybridized carbons (Fsp3) is 0.889. The number of carbonyl (C=O) groups excluding carboxylic acids is 1. The number of carbonyl (C=O) groups is 1. The maximum atomic E-state index is 11.7. The van der Waals surface area contributed by atoms with E-state index in [0.29, 0.717) is 6.42 Å². The Hall–Kier alpha value is -0.433. The van der Waals surface area contributed by atoms with Gasteiger partial charge in [-0.2, -0.15) is 0 Å². The lowest BCUT2D eigenvalue weighted by molar-refractivity contribution is -0.149. The molecule has 0 amide bonds. The van der Waals surface area contributed by atoms with Crippen molar-refractivity contribution < 1.29 is 23.2 Å². The Bertz CT molecular complexity index is 204. The van der Waals surface area contributed by atoms with Gasteiger partial charge in [0.15, 0.2) is 0 Å². The highest BCUT2D eigenvalue weighted by Gasteiger charge is 2.45. The largest absolute Gasteiger partial charge is 0.594 e. The molecular weight excluding hydrogens is 216 g/mol. The minimum absolute atomic E-state index is 0.408. The van der Waals surface area contributed by atoms with Crippen LogP contribution in [0.4, 0.5) is 0 Å². The average molecular weight is 236 g/mol. The molecule has 5 nitrogen and oxygen atoms in total. The first-order chi connectivity index (χ1) is 6.87. The highest BCUT2D eigenvalue weighted by Crippen LogP contribution is 2.23. The van der Waals surface area contributed by atoms with E-state index in [1.165, 1.54) is 14.2 Å². The smallest absolute Gasteiger partial charge is 0.472 e. The molecule has 0 aromatic rings. The van der Waals surface area contributed by atoms with Crippen LogP contribution in [0.3, 0.4) is 0 Å². The number of aliphatic hydroxyl groups is 1. The lowest BCUT2D eigenvalue weighted by Gasteiger charge is -2.28. The molecule has 0 saturated heterocycles. The highest BCUT2D eigenvalue weighted by atomic mass is 28.4. The van der Waals surface area contributed by atoms with Crippen molar-refractivity contribution in [2.75, 3.05) is 20.4 Å². The minimum atomic E-state index is -3.20. The summed E-state index contributed by atoms with van der Waals surface area (Å²) in [5.41, 5.74) is -0.593. The van der Waals surface area contributed by atoms with Gasteiger partial charge in [0, 0.05) is 14.2 Å². The van der Waals surface area contributed by atoms with Gasteiger partial charge >= 0.3 is 14.8 Å². The predicted octanol–water partition coefficient (Wildman–Crippen LogP) is 0.729. The van der Waals surface area contributed by atoms with Crippen LogP contribution in [-0.2, 0) is 18.1 Å². The summed E-state index contributed by atoms with van der Waals surface area (Å²) in [5.74, 6) is -0.408. The van der Waals surface area contributed by atoms with E-state index in [1.54, 1.807) is 13.8 Å². The molecule has 0 heterocycles. The summed E-state index contributed by atoms with van der Waals surface area (Å²) in [4.78, 5) is 11.7. The number of hydrogen-bond acceptors (Lipinski definition) is 5. The summed E-state index contributed by atoms with van der Waals surface area (Å²) in [6.07, 6.45) is 0.237. The van der Waals surface area contributed by atoms with Crippen LogP contribution in [0, 0.1) is 5.41 Å². The zero-order valence-electron chi connectivity index (χ0n) is 9.99. The third-order valence-corrected chi connectivity index (χ3v) is 4.63. The van der Waals surface area contributed by atoms with E-state index in [-0.39, 0.29) is 0 Å². The molecule has 0 aliphatic heterocycles. The molecule has 0 aromatic heterocycles. The first-order valence-corrected chi connectivity index (χ1v) is 6.75. The second-order valence-corrected chi connectivity index (χ2v) is 6.58. The molecule has 6 heteroatoms. The Labute approximate surface area is 91.7 Å². The Kier molecular flexibility index (Phi) is 5.43. The van der Waals surface area contributed by atoms with Crippen molar-refractivity contribution in [3.05, 3.63) is 0 Å². The van der Waals surface area contributed by atoms with E-state index in [4.69, 9.17) is 18.4 Å². The Morgan fingerprint density at radius 1 is 1.33 bits per heavy atom. The molecule has 0 rings (SSSR count). The van der Waals surface area contributed by atoms with E-state index in [2.05, 4.69) is 0 Å². The fourth-order valence-corrected chi connectivity index (χ4v) is 1.97. The number of rotatable bonds is 6. The van der Waals surface area contributed by atoms with Crippen molar-refractivity contribution in [2.45, 2.75) is 27.2 Å². The van der Waals surface area contributed by atoms with Gasteiger partial charge in [-0.15, -0.1) is 0 Å². The molecule has 0 aliphatic rings. The monoisotopic (exact) mass is 236 g/mol. The fourth-order valence-electron chi connectivity index (χ4n) is 0.752. The van der Waals surface area contributed by atoms with E-state index in [0.717, 1.165) is 0 Å². The number of aliphatic hydroxyl groups excluding tert-OH is 1. The summed E-state index contributed by atoms with van der Waals surface area (Å²) < 4.78 is 15.1. The maximum Gasteiger partial charge on any atom is 0.594 e. The van der Waals surface area contributed by atoms with Crippen molar-refractivity contribution in [1.82, 2.24) is 0 Å². The second kappa shape index (κ2) is 5.60. The summed E-state index contributed by atoms with van der Waals surface area (Å²) in [7, 11) is -0.482. The first kappa shape index (κ1) is 14.6. The molecule has 0 aliphatic carbocycles. The van der Waals surface area contributed by atoms with E-state index in [1.807, 2.05) is 6.92 Å². The predicted molar refractivity (Wildman–Crippen MR) is 57.0 cm³/mol. The molecule has 0 unspecified atom stereocenters. The van der Waals surface area contributed by atoms with Gasteiger partial charge in [0.1, 0.15) is 6.23 Å². The summed E-state index contributed by atoms with van der Waals surface area (Å²) in [5, 5.41) is 9.10. The molecule has 0 aromatic carbocycles. The Balaban J connectivity index is 4.62. The van der Waals surface area contributed by atoms with Crippen LogP contribution in [0.1, 0.15) is 27.2 Å². The van der Waals surface area contributed by atoms with Gasteiger partial charge in [0.2, 0.25) is 0 Å². The molecule has 0 atom stereocenters. The molecule has 0 spiro atoms. The van der Waals surface area contributed by atoms with Crippen molar-refractivity contribution in [3.63, 3.8) is 0 Å². The van der Waals surface area contributed by atoms with Gasteiger partial charge in [0.25, 0.3) is 0 Å². The minimum Gasteiger partial charge on any atom is -0.472 e. The van der Waals surface area contributed by atoms with E-state index < -0.39 is 26.4 Å². The first-order valence-electron chi connectivity index (χ1n) is 4.82. The average Bonchev–Trinajstić information content (AvgIpc) is 2.25. The summed E-state index contributed by atoms with van der Waals surface area (Å²) >= 11 is 0.